The average Bonchev–Trinajstić information content (AvgIpc) is 2.95. The van der Waals surface area contributed by atoms with Crippen LogP contribution in [0.5, 0.6) is 0 Å². The zero-order valence-electron chi connectivity index (χ0n) is 19.7. The van der Waals surface area contributed by atoms with Crippen molar-refractivity contribution in [2.75, 3.05) is 19.0 Å². The predicted molar refractivity (Wildman–Crippen MR) is 132 cm³/mol. The minimum atomic E-state index is -0.923. The van der Waals surface area contributed by atoms with Crippen molar-refractivity contribution in [1.82, 2.24) is 10.2 Å². The van der Waals surface area contributed by atoms with Crippen LogP contribution < -0.4 is 10.2 Å². The van der Waals surface area contributed by atoms with E-state index in [0.717, 1.165) is 42.8 Å². The lowest BCUT2D eigenvalue weighted by atomic mass is 9.94. The van der Waals surface area contributed by atoms with E-state index >= 15 is 0 Å². The van der Waals surface area contributed by atoms with E-state index in [0.29, 0.717) is 12.5 Å². The van der Waals surface area contributed by atoms with Crippen molar-refractivity contribution in [3.8, 4) is 0 Å². The van der Waals surface area contributed by atoms with Crippen molar-refractivity contribution < 1.29 is 9.59 Å². The number of aryl methyl sites for hydroxylation is 1. The second kappa shape index (κ2) is 10.6. The smallest absolute Gasteiger partial charge is 0.272 e. The number of anilines is 1. The van der Waals surface area contributed by atoms with Gasteiger partial charge in [-0.3, -0.25) is 9.59 Å². The third-order valence-electron chi connectivity index (χ3n) is 6.79. The maximum absolute atomic E-state index is 13.3. The van der Waals surface area contributed by atoms with Gasteiger partial charge < -0.3 is 15.1 Å². The standard InChI is InChI=1S/C27H34N4O2/c1-30(21-15-7-4-8-16-21)26-22-17-9-10-18-23(22)31(2)27(33)25(29-26)28-24(32)19-11-14-20-12-5-3-6-13-20/h3,5-6,9-10,12-13,17-18,21,25H,4,7-8,11,14-16,19H2,1-2H3,(H,28,32). The highest BCUT2D eigenvalue weighted by Gasteiger charge is 2.33. The molecule has 2 aromatic rings. The molecule has 174 valence electrons. The highest BCUT2D eigenvalue weighted by atomic mass is 16.2. The van der Waals surface area contributed by atoms with Gasteiger partial charge in [0.15, 0.2) is 0 Å². The average molecular weight is 447 g/mol. The van der Waals surface area contributed by atoms with Crippen LogP contribution in [-0.4, -0.2) is 48.9 Å². The maximum Gasteiger partial charge on any atom is 0.272 e. The van der Waals surface area contributed by atoms with Gasteiger partial charge in [-0.2, -0.15) is 0 Å². The topological polar surface area (TPSA) is 65.0 Å². The largest absolute Gasteiger partial charge is 0.356 e. The van der Waals surface area contributed by atoms with Crippen molar-refractivity contribution in [1.29, 1.82) is 0 Å². The van der Waals surface area contributed by atoms with Gasteiger partial charge in [-0.15, -0.1) is 0 Å². The van der Waals surface area contributed by atoms with Gasteiger partial charge in [0.05, 0.1) is 5.69 Å². The third-order valence-corrected chi connectivity index (χ3v) is 6.79. The summed E-state index contributed by atoms with van der Waals surface area (Å²) in [6, 6.07) is 18.4. The van der Waals surface area contributed by atoms with Gasteiger partial charge >= 0.3 is 0 Å². The molecule has 2 amide bonds. The number of amidine groups is 1. The molecular weight excluding hydrogens is 412 g/mol. The summed E-state index contributed by atoms with van der Waals surface area (Å²) in [5.74, 6) is 0.419. The Morgan fingerprint density at radius 1 is 1.06 bits per heavy atom. The third kappa shape index (κ3) is 5.44. The predicted octanol–water partition coefficient (Wildman–Crippen LogP) is 4.14. The first-order chi connectivity index (χ1) is 16.0. The molecule has 1 heterocycles. The van der Waals surface area contributed by atoms with Gasteiger partial charge in [-0.25, -0.2) is 4.99 Å². The molecule has 1 saturated carbocycles. The molecule has 1 aliphatic heterocycles. The van der Waals surface area contributed by atoms with E-state index in [1.54, 1.807) is 11.9 Å². The van der Waals surface area contributed by atoms with Crippen LogP contribution in [0.25, 0.3) is 0 Å². The van der Waals surface area contributed by atoms with Crippen LogP contribution in [0, 0.1) is 0 Å². The first kappa shape index (κ1) is 23.0. The lowest BCUT2D eigenvalue weighted by Gasteiger charge is -2.34. The molecule has 1 fully saturated rings. The van der Waals surface area contributed by atoms with E-state index in [1.807, 2.05) is 42.5 Å². The van der Waals surface area contributed by atoms with Crippen molar-refractivity contribution in [3.05, 3.63) is 65.7 Å². The van der Waals surface area contributed by atoms with Crippen LogP contribution in [-0.2, 0) is 16.0 Å². The van der Waals surface area contributed by atoms with Crippen molar-refractivity contribution >= 4 is 23.3 Å². The van der Waals surface area contributed by atoms with Gasteiger partial charge in [0.25, 0.3) is 5.91 Å². The molecule has 1 N–H and O–H groups in total. The normalized spacial score (nSPS) is 18.8. The molecule has 6 heteroatoms. The summed E-state index contributed by atoms with van der Waals surface area (Å²) in [6.45, 7) is 0. The lowest BCUT2D eigenvalue weighted by molar-refractivity contribution is -0.127. The highest BCUT2D eigenvalue weighted by Crippen LogP contribution is 2.29. The van der Waals surface area contributed by atoms with E-state index in [4.69, 9.17) is 4.99 Å². The van der Waals surface area contributed by atoms with Crippen molar-refractivity contribution in [3.63, 3.8) is 0 Å². The number of benzodiazepines with no additional fused rings is 1. The van der Waals surface area contributed by atoms with Crippen LogP contribution in [0.1, 0.15) is 56.1 Å². The fourth-order valence-corrected chi connectivity index (χ4v) is 4.84. The minimum absolute atomic E-state index is 0.146. The fourth-order valence-electron chi connectivity index (χ4n) is 4.84. The number of carbonyl (C=O) groups excluding carboxylic acids is 2. The maximum atomic E-state index is 13.3. The van der Waals surface area contributed by atoms with E-state index in [2.05, 4.69) is 29.4 Å². The number of rotatable bonds is 6. The zero-order chi connectivity index (χ0) is 23.2. The molecule has 0 saturated heterocycles. The Balaban J connectivity index is 1.52. The Hall–Kier alpha value is -3.15. The van der Waals surface area contributed by atoms with Crippen molar-refractivity contribution in [2.24, 2.45) is 4.99 Å². The first-order valence-corrected chi connectivity index (χ1v) is 12.1. The lowest BCUT2D eigenvalue weighted by Crippen LogP contribution is -2.46. The van der Waals surface area contributed by atoms with Gasteiger partial charge in [0.2, 0.25) is 12.1 Å². The Bertz CT molecular complexity index is 998. The Morgan fingerprint density at radius 2 is 1.76 bits per heavy atom. The second-order valence-electron chi connectivity index (χ2n) is 9.08. The quantitative estimate of drug-likeness (QED) is 0.725. The van der Waals surface area contributed by atoms with Crippen LogP contribution >= 0.6 is 0 Å². The Morgan fingerprint density at radius 3 is 2.52 bits per heavy atom. The van der Waals surface area contributed by atoms with E-state index in [9.17, 15) is 9.59 Å². The summed E-state index contributed by atoms with van der Waals surface area (Å²) in [6.07, 6.45) is 6.94. The Kier molecular flexibility index (Phi) is 7.43. The fraction of sp³-hybridized carbons (Fsp3) is 0.444. The van der Waals surface area contributed by atoms with Crippen LogP contribution in [0.2, 0.25) is 0 Å². The van der Waals surface area contributed by atoms with E-state index in [1.165, 1.54) is 24.8 Å². The number of nitrogens with one attached hydrogen (secondary N) is 1. The number of carbonyl (C=O) groups is 2. The van der Waals surface area contributed by atoms with Crippen LogP contribution in [0.15, 0.2) is 59.6 Å². The van der Waals surface area contributed by atoms with Gasteiger partial charge in [0.1, 0.15) is 5.84 Å². The molecular formula is C27H34N4O2. The monoisotopic (exact) mass is 446 g/mol. The van der Waals surface area contributed by atoms with Gasteiger partial charge in [-0.1, -0.05) is 61.7 Å². The molecule has 2 aromatic carbocycles. The summed E-state index contributed by atoms with van der Waals surface area (Å²) in [7, 11) is 3.83. The molecule has 1 unspecified atom stereocenters. The molecule has 1 aliphatic carbocycles. The SMILES string of the molecule is CN1C(=O)C(NC(=O)CCCc2ccccc2)N=C(N(C)C2CCCCC2)c2ccccc21. The minimum Gasteiger partial charge on any atom is -0.356 e. The molecule has 0 spiro atoms. The summed E-state index contributed by atoms with van der Waals surface area (Å²) in [4.78, 5) is 34.7. The van der Waals surface area contributed by atoms with Crippen LogP contribution in [0.3, 0.4) is 0 Å². The number of hydrogen-bond donors (Lipinski definition) is 1. The van der Waals surface area contributed by atoms with Crippen LogP contribution in [0.4, 0.5) is 5.69 Å². The summed E-state index contributed by atoms with van der Waals surface area (Å²) in [5.41, 5.74) is 2.97. The molecule has 1 atom stereocenters. The first-order valence-electron chi connectivity index (χ1n) is 12.1. The van der Waals surface area contributed by atoms with Crippen molar-refractivity contribution in [2.45, 2.75) is 63.6 Å². The van der Waals surface area contributed by atoms with Gasteiger partial charge in [-0.05, 0) is 43.4 Å². The summed E-state index contributed by atoms with van der Waals surface area (Å²) < 4.78 is 0. The number of para-hydroxylation sites is 1. The number of fused-ring (bicyclic) bond motifs is 1. The number of amides is 2. The molecule has 6 nitrogen and oxygen atoms in total. The number of nitrogens with zero attached hydrogens (tertiary/aromatic N) is 3. The number of likely N-dealkylation sites (N-methyl/N-ethyl adjacent to an activating group) is 1. The number of hydrogen-bond acceptors (Lipinski definition) is 4. The summed E-state index contributed by atoms with van der Waals surface area (Å²) in [5, 5.41) is 2.90. The highest BCUT2D eigenvalue weighted by molar-refractivity contribution is 6.12. The van der Waals surface area contributed by atoms with E-state index in [-0.39, 0.29) is 11.8 Å². The molecule has 4 rings (SSSR count). The zero-order valence-corrected chi connectivity index (χ0v) is 19.7. The van der Waals surface area contributed by atoms with E-state index < -0.39 is 6.17 Å². The molecule has 0 bridgehead atoms. The molecule has 0 radical (unpaired) electrons. The second-order valence-corrected chi connectivity index (χ2v) is 9.08. The molecule has 2 aliphatic rings. The number of aliphatic imine (C=N–C) groups is 1. The van der Waals surface area contributed by atoms with Gasteiger partial charge in [0, 0.05) is 32.1 Å². The summed E-state index contributed by atoms with van der Waals surface area (Å²) >= 11 is 0. The molecule has 0 aromatic heterocycles. The number of benzene rings is 2. The Labute approximate surface area is 196 Å². The molecule has 33 heavy (non-hydrogen) atoms.